The molecule has 6 rings (SSSR count). The van der Waals surface area contributed by atoms with Gasteiger partial charge in [-0.2, -0.15) is 5.10 Å². The normalized spacial score (nSPS) is 14.4. The van der Waals surface area contributed by atoms with Crippen molar-refractivity contribution in [3.8, 4) is 11.3 Å². The molecule has 0 amide bonds. The van der Waals surface area contributed by atoms with Gasteiger partial charge in [-0.1, -0.05) is 35.9 Å². The van der Waals surface area contributed by atoms with Gasteiger partial charge in [0.2, 0.25) is 0 Å². The highest BCUT2D eigenvalue weighted by molar-refractivity contribution is 5.92. The summed E-state index contributed by atoms with van der Waals surface area (Å²) in [5, 5.41) is 17.8. The van der Waals surface area contributed by atoms with Crippen LogP contribution in [0.15, 0.2) is 55.1 Å². The molecule has 8 heteroatoms. The van der Waals surface area contributed by atoms with Crippen molar-refractivity contribution >= 4 is 16.6 Å². The second-order valence-corrected chi connectivity index (χ2v) is 8.78. The van der Waals surface area contributed by atoms with E-state index in [9.17, 15) is 0 Å². The van der Waals surface area contributed by atoms with Crippen LogP contribution in [0.5, 0.6) is 0 Å². The van der Waals surface area contributed by atoms with Crippen LogP contribution >= 0.6 is 0 Å². The Balaban J connectivity index is 1.19. The summed E-state index contributed by atoms with van der Waals surface area (Å²) in [7, 11) is 1.95. The smallest absolute Gasteiger partial charge is 0.137 e. The lowest BCUT2D eigenvalue weighted by Crippen LogP contribution is -2.26. The number of hydrogen-bond donors (Lipinski definition) is 1. The van der Waals surface area contributed by atoms with E-state index >= 15 is 0 Å². The van der Waals surface area contributed by atoms with Gasteiger partial charge in [-0.3, -0.25) is 4.68 Å². The maximum absolute atomic E-state index is 4.76. The SMILES string of the molecule is Cn1ncc2cccc(-c3cn(Cc4cn5cc(CNCC6CCC6)ccc5n4)nn3)c21. The van der Waals surface area contributed by atoms with Gasteiger partial charge in [0.25, 0.3) is 0 Å². The Hall–Kier alpha value is -3.52. The second-order valence-electron chi connectivity index (χ2n) is 8.78. The zero-order valence-corrected chi connectivity index (χ0v) is 18.1. The number of rotatable bonds is 7. The number of imidazole rings is 1. The number of aromatic nitrogens is 7. The molecule has 0 unspecified atom stereocenters. The Labute approximate surface area is 185 Å². The molecule has 0 aliphatic heterocycles. The predicted octanol–water partition coefficient (Wildman–Crippen LogP) is 3.42. The minimum absolute atomic E-state index is 0.575. The minimum atomic E-state index is 0.575. The molecule has 1 aliphatic carbocycles. The van der Waals surface area contributed by atoms with Gasteiger partial charge in [-0.25, -0.2) is 9.67 Å². The molecule has 32 heavy (non-hydrogen) atoms. The van der Waals surface area contributed by atoms with Gasteiger partial charge in [-0.05, 0) is 36.9 Å². The Morgan fingerprint density at radius 3 is 2.91 bits per heavy atom. The lowest BCUT2D eigenvalue weighted by atomic mass is 9.85. The topological polar surface area (TPSA) is 77.9 Å². The number of aryl methyl sites for hydroxylation is 1. The fourth-order valence-electron chi connectivity index (χ4n) is 4.49. The summed E-state index contributed by atoms with van der Waals surface area (Å²) in [5.41, 5.74) is 6.10. The van der Waals surface area contributed by atoms with E-state index in [0.717, 1.165) is 52.5 Å². The number of nitrogens with one attached hydrogen (secondary N) is 1. The van der Waals surface area contributed by atoms with E-state index in [2.05, 4.69) is 61.8 Å². The van der Waals surface area contributed by atoms with E-state index in [0.29, 0.717) is 6.54 Å². The molecule has 1 saturated carbocycles. The van der Waals surface area contributed by atoms with Crippen molar-refractivity contribution in [3.05, 3.63) is 66.4 Å². The highest BCUT2D eigenvalue weighted by Gasteiger charge is 2.16. The molecule has 5 aromatic rings. The number of fused-ring (bicyclic) bond motifs is 2. The first-order chi connectivity index (χ1) is 15.7. The maximum Gasteiger partial charge on any atom is 0.137 e. The number of pyridine rings is 1. The first-order valence-corrected chi connectivity index (χ1v) is 11.2. The van der Waals surface area contributed by atoms with Gasteiger partial charge in [0.15, 0.2) is 0 Å². The Bertz CT molecular complexity index is 1390. The number of hydrogen-bond acceptors (Lipinski definition) is 5. The largest absolute Gasteiger partial charge is 0.312 e. The quantitative estimate of drug-likeness (QED) is 0.431. The number of nitrogens with zero attached hydrogens (tertiary/aromatic N) is 7. The van der Waals surface area contributed by atoms with Crippen LogP contribution in [-0.4, -0.2) is 40.7 Å². The first-order valence-electron chi connectivity index (χ1n) is 11.2. The molecule has 0 atom stereocenters. The van der Waals surface area contributed by atoms with Crippen LogP contribution < -0.4 is 5.32 Å². The van der Waals surface area contributed by atoms with Crippen molar-refractivity contribution in [2.75, 3.05) is 6.54 Å². The Morgan fingerprint density at radius 1 is 1.09 bits per heavy atom. The molecule has 0 saturated heterocycles. The lowest BCUT2D eigenvalue weighted by Gasteiger charge is -2.25. The summed E-state index contributed by atoms with van der Waals surface area (Å²) in [4.78, 5) is 4.76. The number of para-hydroxylation sites is 1. The van der Waals surface area contributed by atoms with E-state index in [1.54, 1.807) is 0 Å². The van der Waals surface area contributed by atoms with Crippen LogP contribution in [0, 0.1) is 5.92 Å². The van der Waals surface area contributed by atoms with Crippen molar-refractivity contribution < 1.29 is 0 Å². The van der Waals surface area contributed by atoms with Gasteiger partial charge in [0, 0.05) is 36.9 Å². The van der Waals surface area contributed by atoms with Crippen molar-refractivity contribution in [3.63, 3.8) is 0 Å². The third-order valence-corrected chi connectivity index (χ3v) is 6.45. The fraction of sp³-hybridized carbons (Fsp3) is 0.333. The van der Waals surface area contributed by atoms with E-state index in [4.69, 9.17) is 4.98 Å². The van der Waals surface area contributed by atoms with Crippen LogP contribution in [0.4, 0.5) is 0 Å². The zero-order chi connectivity index (χ0) is 21.5. The maximum atomic E-state index is 4.76. The summed E-state index contributed by atoms with van der Waals surface area (Å²) >= 11 is 0. The fourth-order valence-corrected chi connectivity index (χ4v) is 4.49. The highest BCUT2D eigenvalue weighted by Crippen LogP contribution is 2.27. The van der Waals surface area contributed by atoms with Crippen molar-refractivity contribution in [2.45, 2.75) is 32.4 Å². The molecular weight excluding hydrogens is 400 g/mol. The van der Waals surface area contributed by atoms with Crippen molar-refractivity contribution in [1.29, 1.82) is 0 Å². The standard InChI is InChI=1S/C24H26N8/c1-30-24-19(12-26-30)6-3-7-21(24)22-16-32(29-28-22)15-20-14-31-13-18(8-9-23(31)27-20)11-25-10-17-4-2-5-17/h3,6-9,12-14,16-17,25H,2,4-5,10-11,15H2,1H3. The summed E-state index contributed by atoms with van der Waals surface area (Å²) in [5.74, 6) is 0.871. The molecule has 1 fully saturated rings. The van der Waals surface area contributed by atoms with Crippen molar-refractivity contribution in [2.24, 2.45) is 13.0 Å². The molecule has 8 nitrogen and oxygen atoms in total. The lowest BCUT2D eigenvalue weighted by molar-refractivity contribution is 0.301. The molecule has 162 valence electrons. The molecular formula is C24H26N8. The van der Waals surface area contributed by atoms with E-state index < -0.39 is 0 Å². The molecule has 4 heterocycles. The van der Waals surface area contributed by atoms with Crippen LogP contribution in [0.1, 0.15) is 30.5 Å². The van der Waals surface area contributed by atoms with Gasteiger partial charge in [0.05, 0.1) is 30.1 Å². The van der Waals surface area contributed by atoms with Crippen LogP contribution in [0.25, 0.3) is 27.8 Å². The summed E-state index contributed by atoms with van der Waals surface area (Å²) in [6, 6.07) is 10.4. The second kappa shape index (κ2) is 7.87. The Morgan fingerprint density at radius 2 is 2.03 bits per heavy atom. The summed E-state index contributed by atoms with van der Waals surface area (Å²) in [6.45, 7) is 2.59. The Kier molecular flexibility index (Phi) is 4.72. The molecule has 0 bridgehead atoms. The zero-order valence-electron chi connectivity index (χ0n) is 18.1. The van der Waals surface area contributed by atoms with E-state index in [1.807, 2.05) is 34.9 Å². The molecule has 1 N–H and O–H groups in total. The van der Waals surface area contributed by atoms with Gasteiger partial charge in [0.1, 0.15) is 11.3 Å². The average Bonchev–Trinajstić information content (AvgIpc) is 3.48. The predicted molar refractivity (Wildman–Crippen MR) is 123 cm³/mol. The molecule has 1 aliphatic rings. The monoisotopic (exact) mass is 426 g/mol. The molecule has 0 radical (unpaired) electrons. The third-order valence-electron chi connectivity index (χ3n) is 6.45. The van der Waals surface area contributed by atoms with Crippen LogP contribution in [0.2, 0.25) is 0 Å². The van der Waals surface area contributed by atoms with Crippen molar-refractivity contribution in [1.82, 2.24) is 39.5 Å². The molecule has 1 aromatic carbocycles. The van der Waals surface area contributed by atoms with E-state index in [1.165, 1.54) is 24.8 Å². The molecule has 4 aromatic heterocycles. The first kappa shape index (κ1) is 19.2. The minimum Gasteiger partial charge on any atom is -0.312 e. The van der Waals surface area contributed by atoms with Gasteiger partial charge < -0.3 is 9.72 Å². The summed E-state index contributed by atoms with van der Waals surface area (Å²) < 4.78 is 5.82. The van der Waals surface area contributed by atoms with Gasteiger partial charge in [-0.15, -0.1) is 5.10 Å². The van der Waals surface area contributed by atoms with Crippen LogP contribution in [-0.2, 0) is 20.1 Å². The highest BCUT2D eigenvalue weighted by atomic mass is 15.4. The number of benzene rings is 1. The van der Waals surface area contributed by atoms with E-state index in [-0.39, 0.29) is 0 Å². The third kappa shape index (κ3) is 3.56. The summed E-state index contributed by atoms with van der Waals surface area (Å²) in [6.07, 6.45) is 12.2. The average molecular weight is 427 g/mol. The van der Waals surface area contributed by atoms with Gasteiger partial charge >= 0.3 is 0 Å². The van der Waals surface area contributed by atoms with Crippen LogP contribution in [0.3, 0.4) is 0 Å². The molecule has 0 spiro atoms.